The molecular formula is C16H8F4I3O7S-. The smallest absolute Gasteiger partial charge is 0.340 e. The lowest BCUT2D eigenvalue weighted by molar-refractivity contribution is 0.0441. The van der Waals surface area contributed by atoms with Gasteiger partial charge in [-0.1, -0.05) is 0 Å². The summed E-state index contributed by atoms with van der Waals surface area (Å²) in [6, 6.07) is 1.66. The maximum absolute atomic E-state index is 13.9. The summed E-state index contributed by atoms with van der Waals surface area (Å²) in [6.45, 7) is -1.32. The maximum atomic E-state index is 13.9. The van der Waals surface area contributed by atoms with E-state index in [1.54, 1.807) is 6.07 Å². The Kier molecular flexibility index (Phi) is 9.01. The molecule has 0 heterocycles. The van der Waals surface area contributed by atoms with E-state index in [0.717, 1.165) is 3.57 Å². The highest BCUT2D eigenvalue weighted by atomic mass is 127. The zero-order valence-corrected chi connectivity index (χ0v) is 22.2. The van der Waals surface area contributed by atoms with Gasteiger partial charge in [0, 0.05) is 3.57 Å². The summed E-state index contributed by atoms with van der Waals surface area (Å²) in [6.07, 6.45) is 0. The van der Waals surface area contributed by atoms with Crippen molar-refractivity contribution in [2.24, 2.45) is 0 Å². The molecule has 0 amide bonds. The fourth-order valence-electron chi connectivity index (χ4n) is 2.23. The minimum absolute atomic E-state index is 0.165. The molecule has 0 spiro atoms. The molecule has 0 saturated heterocycles. The Hall–Kier alpha value is -0.670. The number of carbonyl (C=O) groups is 1. The second kappa shape index (κ2) is 10.5. The third kappa shape index (κ3) is 5.64. The van der Waals surface area contributed by atoms with Gasteiger partial charge in [-0.2, -0.15) is 8.78 Å². The zero-order valence-electron chi connectivity index (χ0n) is 14.9. The van der Waals surface area contributed by atoms with E-state index in [2.05, 4.69) is 4.74 Å². The van der Waals surface area contributed by atoms with Crippen LogP contribution in [-0.2, 0) is 14.9 Å². The van der Waals surface area contributed by atoms with Gasteiger partial charge in [0.1, 0.15) is 34.0 Å². The van der Waals surface area contributed by atoms with E-state index in [9.17, 15) is 35.3 Å². The standard InChI is InChI=1S/C16H9F4I3O7S/c1-28-13-6(22)4-5(21)7(12(13)23)16(24)30-3-2-29-14-8(17)10(19)15(31(25,26)27)11(20)9(14)18/h4H,2-3H2,1H3,(H,25,26,27)/p-1. The van der Waals surface area contributed by atoms with Gasteiger partial charge in [0.05, 0.1) is 19.8 Å². The number of methoxy groups -OCH3 is 1. The summed E-state index contributed by atoms with van der Waals surface area (Å²) >= 11 is 5.80. The Balaban J connectivity index is 2.17. The topological polar surface area (TPSA) is 102 Å². The lowest BCUT2D eigenvalue weighted by Crippen LogP contribution is -2.17. The van der Waals surface area contributed by atoms with Crippen molar-refractivity contribution in [1.29, 1.82) is 0 Å². The molecule has 0 atom stereocenters. The zero-order chi connectivity index (χ0) is 23.7. The summed E-state index contributed by atoms with van der Waals surface area (Å²) in [5.74, 6) is -11.3. The summed E-state index contributed by atoms with van der Waals surface area (Å²) < 4.78 is 104. The number of halogens is 7. The van der Waals surface area contributed by atoms with Crippen LogP contribution in [0.3, 0.4) is 0 Å². The Bertz CT molecular complexity index is 1130. The third-order valence-electron chi connectivity index (χ3n) is 3.53. The van der Waals surface area contributed by atoms with Gasteiger partial charge in [-0.3, -0.25) is 0 Å². The summed E-state index contributed by atoms with van der Waals surface area (Å²) in [7, 11) is -4.41. The fraction of sp³-hybridized carbons (Fsp3) is 0.188. The molecule has 0 aliphatic heterocycles. The van der Waals surface area contributed by atoms with Gasteiger partial charge in [-0.25, -0.2) is 22.0 Å². The maximum Gasteiger partial charge on any atom is 0.340 e. The molecule has 0 unspecified atom stereocenters. The van der Waals surface area contributed by atoms with E-state index in [1.165, 1.54) is 7.11 Å². The lowest BCUT2D eigenvalue weighted by Gasteiger charge is -2.15. The van der Waals surface area contributed by atoms with Crippen LogP contribution in [0.15, 0.2) is 11.0 Å². The van der Waals surface area contributed by atoms with E-state index in [4.69, 9.17) is 9.47 Å². The third-order valence-corrected chi connectivity index (χ3v) is 7.07. The van der Waals surface area contributed by atoms with Crippen molar-refractivity contribution >= 4 is 83.9 Å². The fourth-order valence-corrected chi connectivity index (χ4v) is 7.10. The summed E-state index contributed by atoms with van der Waals surface area (Å²) in [5.41, 5.74) is 0.165. The van der Waals surface area contributed by atoms with Crippen LogP contribution in [0.2, 0.25) is 0 Å². The molecular weight excluding hydrogens is 793 g/mol. The Labute approximate surface area is 214 Å². The average molecular weight is 801 g/mol. The normalized spacial score (nSPS) is 11.4. The number of hydrogen-bond acceptors (Lipinski definition) is 7. The molecule has 7 nitrogen and oxygen atoms in total. The number of benzene rings is 2. The van der Waals surface area contributed by atoms with E-state index in [0.29, 0.717) is 12.9 Å². The largest absolute Gasteiger partial charge is 0.744 e. The van der Waals surface area contributed by atoms with Crippen LogP contribution >= 0.6 is 67.8 Å². The van der Waals surface area contributed by atoms with Gasteiger partial charge in [-0.15, -0.1) is 0 Å². The number of ether oxygens (including phenoxy) is 3. The van der Waals surface area contributed by atoms with Gasteiger partial charge in [-0.05, 0) is 73.8 Å². The van der Waals surface area contributed by atoms with Crippen LogP contribution in [0.25, 0.3) is 0 Å². The van der Waals surface area contributed by atoms with Crippen LogP contribution in [0.1, 0.15) is 10.4 Å². The van der Waals surface area contributed by atoms with Gasteiger partial charge in [0.2, 0.25) is 11.6 Å². The first-order valence-corrected chi connectivity index (χ1v) is 12.3. The molecule has 0 aromatic heterocycles. The molecule has 0 aliphatic rings. The number of esters is 1. The number of rotatable bonds is 7. The van der Waals surface area contributed by atoms with Crippen LogP contribution in [-0.4, -0.2) is 39.3 Å². The van der Waals surface area contributed by atoms with Crippen molar-refractivity contribution in [1.82, 2.24) is 0 Å². The number of hydrogen-bond donors (Lipinski definition) is 0. The molecule has 0 radical (unpaired) electrons. The SMILES string of the molecule is COc1c(I)cc(I)c(C(=O)OCCOc2c(F)c(F)c(S(=O)(=O)[O-])c(F)c2F)c1I. The van der Waals surface area contributed by atoms with E-state index in [-0.39, 0.29) is 5.56 Å². The van der Waals surface area contributed by atoms with Crippen LogP contribution in [0.5, 0.6) is 11.5 Å². The molecule has 31 heavy (non-hydrogen) atoms. The van der Waals surface area contributed by atoms with Gasteiger partial charge in [0.15, 0.2) is 17.4 Å². The van der Waals surface area contributed by atoms with E-state index < -0.39 is 63.2 Å². The van der Waals surface area contributed by atoms with Crippen molar-refractivity contribution in [3.05, 3.63) is 45.6 Å². The second-order valence-electron chi connectivity index (χ2n) is 5.42. The van der Waals surface area contributed by atoms with Crippen LogP contribution in [0, 0.1) is 34.0 Å². The van der Waals surface area contributed by atoms with Crippen molar-refractivity contribution in [3.63, 3.8) is 0 Å². The molecule has 0 aliphatic carbocycles. The predicted octanol–water partition coefficient (Wildman–Crippen LogP) is 4.21. The lowest BCUT2D eigenvalue weighted by atomic mass is 10.2. The van der Waals surface area contributed by atoms with Gasteiger partial charge >= 0.3 is 5.97 Å². The first kappa shape index (κ1) is 26.6. The van der Waals surface area contributed by atoms with Crippen LogP contribution < -0.4 is 9.47 Å². The average Bonchev–Trinajstić information content (AvgIpc) is 2.64. The Morgan fingerprint density at radius 3 is 2.00 bits per heavy atom. The monoisotopic (exact) mass is 801 g/mol. The quantitative estimate of drug-likeness (QED) is 0.103. The molecule has 0 saturated carbocycles. The van der Waals surface area contributed by atoms with Crippen molar-refractivity contribution in [2.45, 2.75) is 4.90 Å². The molecule has 170 valence electrons. The van der Waals surface area contributed by atoms with Gasteiger partial charge < -0.3 is 18.8 Å². The van der Waals surface area contributed by atoms with Crippen molar-refractivity contribution in [2.75, 3.05) is 20.3 Å². The predicted molar refractivity (Wildman–Crippen MR) is 121 cm³/mol. The number of carbonyl (C=O) groups excluding carboxylic acids is 1. The first-order chi connectivity index (χ1) is 14.3. The molecule has 2 rings (SSSR count). The molecule has 0 N–H and O–H groups in total. The van der Waals surface area contributed by atoms with Crippen LogP contribution in [0.4, 0.5) is 17.6 Å². The highest BCUT2D eigenvalue weighted by Crippen LogP contribution is 2.34. The van der Waals surface area contributed by atoms with Crippen molar-refractivity contribution < 1.29 is 49.5 Å². The Morgan fingerprint density at radius 2 is 1.52 bits per heavy atom. The van der Waals surface area contributed by atoms with Gasteiger partial charge in [0.25, 0.3) is 0 Å². The minimum Gasteiger partial charge on any atom is -0.744 e. The van der Waals surface area contributed by atoms with E-state index >= 15 is 0 Å². The second-order valence-corrected chi connectivity index (χ2v) is 10.1. The molecule has 0 bridgehead atoms. The summed E-state index contributed by atoms with van der Waals surface area (Å²) in [4.78, 5) is 10.1. The minimum atomic E-state index is -5.83. The first-order valence-electron chi connectivity index (χ1n) is 7.66. The summed E-state index contributed by atoms with van der Waals surface area (Å²) in [5, 5.41) is 0. The molecule has 2 aromatic rings. The highest BCUT2D eigenvalue weighted by Gasteiger charge is 2.30. The molecule has 2 aromatic carbocycles. The highest BCUT2D eigenvalue weighted by molar-refractivity contribution is 14.1. The van der Waals surface area contributed by atoms with E-state index in [1.807, 2.05) is 67.8 Å². The Morgan fingerprint density at radius 1 is 0.968 bits per heavy atom. The molecule has 0 fully saturated rings. The van der Waals surface area contributed by atoms with Crippen molar-refractivity contribution in [3.8, 4) is 11.5 Å². The molecule has 15 heteroatoms.